The highest BCUT2D eigenvalue weighted by molar-refractivity contribution is 6.31. The monoisotopic (exact) mass is 478 g/mol. The average molecular weight is 479 g/mol. The van der Waals surface area contributed by atoms with Crippen molar-refractivity contribution in [1.82, 2.24) is 9.80 Å². The van der Waals surface area contributed by atoms with Crippen molar-refractivity contribution in [2.45, 2.75) is 6.42 Å². The molecule has 1 saturated heterocycles. The number of piperidine rings is 1. The second-order valence-electron chi connectivity index (χ2n) is 7.80. The zero-order chi connectivity index (χ0) is 23.4. The maximum Gasteiger partial charge on any atom is 0.224 e. The van der Waals surface area contributed by atoms with E-state index in [1.54, 1.807) is 0 Å². The van der Waals surface area contributed by atoms with Crippen LogP contribution in [0.4, 0.5) is 8.78 Å². The van der Waals surface area contributed by atoms with Gasteiger partial charge in [0.1, 0.15) is 11.6 Å². The van der Waals surface area contributed by atoms with Crippen molar-refractivity contribution < 1.29 is 18.4 Å². The molecule has 0 unspecified atom stereocenters. The highest BCUT2D eigenvalue weighted by Crippen LogP contribution is 2.26. The van der Waals surface area contributed by atoms with Crippen molar-refractivity contribution in [1.29, 1.82) is 0 Å². The largest absolute Gasteiger partial charge is 0.334 e. The molecule has 2 aromatic rings. The van der Waals surface area contributed by atoms with E-state index in [0.29, 0.717) is 6.54 Å². The lowest BCUT2D eigenvalue weighted by Gasteiger charge is -2.30. The Morgan fingerprint density at radius 1 is 0.969 bits per heavy atom. The van der Waals surface area contributed by atoms with Crippen LogP contribution in [0.2, 0.25) is 10.0 Å². The average Bonchev–Trinajstić information content (AvgIpc) is 2.72. The third kappa shape index (κ3) is 6.03. The lowest BCUT2D eigenvalue weighted by Crippen LogP contribution is -2.42. The first-order chi connectivity index (χ1) is 15.1. The zero-order valence-electron chi connectivity index (χ0n) is 17.7. The van der Waals surface area contributed by atoms with Gasteiger partial charge in [0.25, 0.3) is 0 Å². The summed E-state index contributed by atoms with van der Waals surface area (Å²) in [5, 5.41) is 0.470. The van der Waals surface area contributed by atoms with E-state index in [1.165, 1.54) is 41.3 Å². The summed E-state index contributed by atoms with van der Waals surface area (Å²) in [6.45, 7) is 0.611. The van der Waals surface area contributed by atoms with Gasteiger partial charge in [-0.2, -0.15) is 0 Å². The van der Waals surface area contributed by atoms with Crippen molar-refractivity contribution in [3.05, 3.63) is 80.4 Å². The van der Waals surface area contributed by atoms with Gasteiger partial charge < -0.3 is 9.80 Å². The number of likely N-dealkylation sites (tertiary alicyclic amines) is 1. The van der Waals surface area contributed by atoms with Crippen LogP contribution in [-0.2, 0) is 9.59 Å². The molecule has 0 saturated carbocycles. The molecule has 3 rings (SSSR count). The quantitative estimate of drug-likeness (QED) is 0.561. The summed E-state index contributed by atoms with van der Waals surface area (Å²) < 4.78 is 28.7. The molecule has 0 spiro atoms. The molecule has 1 aliphatic rings. The van der Waals surface area contributed by atoms with Crippen LogP contribution in [0.1, 0.15) is 17.5 Å². The Hall–Kier alpha value is -2.54. The minimum atomic E-state index is -0.580. The van der Waals surface area contributed by atoms with Crippen LogP contribution in [0, 0.1) is 11.6 Å². The van der Waals surface area contributed by atoms with Crippen LogP contribution in [0.25, 0.3) is 12.2 Å². The minimum Gasteiger partial charge on any atom is -0.334 e. The van der Waals surface area contributed by atoms with E-state index < -0.39 is 11.6 Å². The van der Waals surface area contributed by atoms with Crippen LogP contribution in [0.5, 0.6) is 0 Å². The van der Waals surface area contributed by atoms with Gasteiger partial charge in [-0.3, -0.25) is 9.59 Å². The number of hydrogen-bond acceptors (Lipinski definition) is 3. The maximum atomic E-state index is 14.3. The fourth-order valence-corrected chi connectivity index (χ4v) is 3.62. The Kier molecular flexibility index (Phi) is 7.82. The Morgan fingerprint density at radius 3 is 1.84 bits per heavy atom. The van der Waals surface area contributed by atoms with Gasteiger partial charge in [0.05, 0.1) is 0 Å². The molecular weight excluding hydrogens is 457 g/mol. The van der Waals surface area contributed by atoms with E-state index in [2.05, 4.69) is 0 Å². The molecule has 0 N–H and O–H groups in total. The van der Waals surface area contributed by atoms with Gasteiger partial charge in [0.2, 0.25) is 5.91 Å². The molecule has 1 fully saturated rings. The van der Waals surface area contributed by atoms with Gasteiger partial charge in [-0.15, -0.1) is 0 Å². The van der Waals surface area contributed by atoms with E-state index in [-0.39, 0.29) is 63.5 Å². The Labute approximate surface area is 195 Å². The Morgan fingerprint density at radius 2 is 1.44 bits per heavy atom. The van der Waals surface area contributed by atoms with E-state index in [0.717, 1.165) is 12.1 Å². The number of carbonyl (C=O) groups excluding carboxylic acids is 2. The maximum absolute atomic E-state index is 14.3. The Bertz CT molecular complexity index is 1040. The summed E-state index contributed by atoms with van der Waals surface area (Å²) in [6, 6.07) is 8.27. The minimum absolute atomic E-state index is 0.0353. The number of benzene rings is 2. The van der Waals surface area contributed by atoms with Crippen LogP contribution in [0.3, 0.4) is 0 Å². The van der Waals surface area contributed by atoms with Gasteiger partial charge in [-0.25, -0.2) is 8.78 Å². The summed E-state index contributed by atoms with van der Waals surface area (Å²) in [4.78, 5) is 29.3. The normalized spacial score (nSPS) is 17.0. The number of nitrogens with zero attached hydrogens (tertiary/aromatic N) is 2. The first kappa shape index (κ1) is 24.1. The highest BCUT2D eigenvalue weighted by atomic mass is 35.5. The number of halogens is 4. The number of ketones is 1. The molecule has 2 aromatic carbocycles. The van der Waals surface area contributed by atoms with Crippen molar-refractivity contribution in [3.8, 4) is 0 Å². The second kappa shape index (κ2) is 10.4. The summed E-state index contributed by atoms with van der Waals surface area (Å²) >= 11 is 11.6. The topological polar surface area (TPSA) is 40.6 Å². The fourth-order valence-electron chi connectivity index (χ4n) is 3.31. The zero-order valence-corrected chi connectivity index (χ0v) is 19.2. The summed E-state index contributed by atoms with van der Waals surface area (Å²) in [5.74, 6) is -1.69. The molecule has 4 nitrogen and oxygen atoms in total. The van der Waals surface area contributed by atoms with Crippen molar-refractivity contribution >= 4 is 47.0 Å². The molecule has 0 bridgehead atoms. The number of amides is 1. The second-order valence-corrected chi connectivity index (χ2v) is 8.68. The fraction of sp³-hybridized carbons (Fsp3) is 0.250. The van der Waals surface area contributed by atoms with Gasteiger partial charge in [-0.05, 0) is 50.5 Å². The molecule has 1 heterocycles. The van der Waals surface area contributed by atoms with Crippen LogP contribution in [-0.4, -0.2) is 55.2 Å². The number of rotatable bonds is 5. The third-order valence-corrected chi connectivity index (χ3v) is 5.49. The summed E-state index contributed by atoms with van der Waals surface area (Å²) in [5.41, 5.74) is 0.822. The molecule has 8 heteroatoms. The molecule has 0 aliphatic carbocycles. The number of hydrogen-bond donors (Lipinski definition) is 0. The van der Waals surface area contributed by atoms with Gasteiger partial charge >= 0.3 is 0 Å². The van der Waals surface area contributed by atoms with Crippen molar-refractivity contribution in [2.24, 2.45) is 0 Å². The van der Waals surface area contributed by atoms with Gasteiger partial charge in [0, 0.05) is 58.4 Å². The molecule has 1 amide bonds. The first-order valence-electron chi connectivity index (χ1n) is 9.92. The van der Waals surface area contributed by atoms with E-state index in [1.807, 2.05) is 19.0 Å². The van der Waals surface area contributed by atoms with Crippen molar-refractivity contribution in [3.63, 3.8) is 0 Å². The van der Waals surface area contributed by atoms with E-state index in [4.69, 9.17) is 23.2 Å². The molecular formula is C24H22Cl2F2N2O2. The molecule has 1 aliphatic heterocycles. The third-order valence-electron chi connectivity index (χ3n) is 5.02. The molecule has 32 heavy (non-hydrogen) atoms. The van der Waals surface area contributed by atoms with Crippen LogP contribution < -0.4 is 0 Å². The van der Waals surface area contributed by atoms with Gasteiger partial charge in [-0.1, -0.05) is 35.3 Å². The smallest absolute Gasteiger partial charge is 0.224 e. The highest BCUT2D eigenvalue weighted by Gasteiger charge is 2.29. The molecule has 0 aromatic heterocycles. The van der Waals surface area contributed by atoms with Crippen LogP contribution >= 0.6 is 23.2 Å². The SMILES string of the molecule is CN(C)CCC(=O)N1C/C(=C\c2ccc(Cl)cc2F)C(=O)/C(=C/c2ccc(Cl)cc2F)C1. The Balaban J connectivity index is 2.00. The molecule has 168 valence electrons. The number of Topliss-reactive ketones (excluding diaryl/α,β-unsaturated/α-hetero) is 1. The van der Waals surface area contributed by atoms with Crippen molar-refractivity contribution in [2.75, 3.05) is 33.7 Å². The molecule has 0 atom stereocenters. The standard InChI is InChI=1S/C24H22Cl2F2N2O2/c1-29(2)8-7-23(31)30-13-17(9-15-3-5-19(25)11-21(15)27)24(32)18(14-30)10-16-4-6-20(26)12-22(16)28/h3-6,9-12H,7-8,13-14H2,1-2H3/b17-9+,18-10+. The molecule has 0 radical (unpaired) electrons. The van der Waals surface area contributed by atoms with E-state index >= 15 is 0 Å². The van der Waals surface area contributed by atoms with Gasteiger partial charge in [0.15, 0.2) is 5.78 Å². The summed E-state index contributed by atoms with van der Waals surface area (Å²) in [7, 11) is 3.71. The summed E-state index contributed by atoms with van der Waals surface area (Å²) in [6.07, 6.45) is 3.07. The van der Waals surface area contributed by atoms with Crippen LogP contribution in [0.15, 0.2) is 47.5 Å². The first-order valence-corrected chi connectivity index (χ1v) is 10.7. The lowest BCUT2D eigenvalue weighted by molar-refractivity contribution is -0.131. The number of carbonyl (C=O) groups is 2. The van der Waals surface area contributed by atoms with E-state index in [9.17, 15) is 18.4 Å². The predicted octanol–water partition coefficient (Wildman–Crippen LogP) is 5.10. The predicted molar refractivity (Wildman–Crippen MR) is 124 cm³/mol. The lowest BCUT2D eigenvalue weighted by atomic mass is 9.93.